The number of aromatic nitrogens is 3. The quantitative estimate of drug-likeness (QED) is 0.406. The maximum absolute atomic E-state index is 13.7. The van der Waals surface area contributed by atoms with Crippen molar-refractivity contribution >= 4 is 40.0 Å². The second-order valence-corrected chi connectivity index (χ2v) is 7.17. The number of hydrogen-bond acceptors (Lipinski definition) is 5. The van der Waals surface area contributed by atoms with Gasteiger partial charge in [-0.25, -0.2) is 9.50 Å². The Kier molecular flexibility index (Phi) is 6.71. The minimum absolute atomic E-state index is 0.0203. The second-order valence-electron chi connectivity index (χ2n) is 6.37. The molecule has 0 fully saturated rings. The Morgan fingerprint density at radius 3 is 2.65 bits per heavy atom. The zero-order chi connectivity index (χ0) is 22.8. The Morgan fingerprint density at radius 1 is 1.26 bits per heavy atom. The first-order chi connectivity index (χ1) is 14.6. The van der Waals surface area contributed by atoms with Crippen LogP contribution in [0.4, 0.5) is 13.2 Å². The highest BCUT2D eigenvalue weighted by molar-refractivity contribution is 6.63. The smallest absolute Gasteiger partial charge is 0.433 e. The fourth-order valence-electron chi connectivity index (χ4n) is 2.78. The van der Waals surface area contributed by atoms with E-state index in [1.54, 1.807) is 18.2 Å². The summed E-state index contributed by atoms with van der Waals surface area (Å²) >= 11 is 11.4. The van der Waals surface area contributed by atoms with Gasteiger partial charge in [0.2, 0.25) is 5.24 Å². The molecular weight excluding hydrogens is 460 g/mol. The maximum atomic E-state index is 13.7. The Balaban J connectivity index is 2.06. The van der Waals surface area contributed by atoms with Gasteiger partial charge in [0.25, 0.3) is 5.91 Å². The number of alkyl halides is 3. The van der Waals surface area contributed by atoms with Crippen molar-refractivity contribution in [3.63, 3.8) is 0 Å². The van der Waals surface area contributed by atoms with Gasteiger partial charge in [0.15, 0.2) is 17.0 Å². The summed E-state index contributed by atoms with van der Waals surface area (Å²) in [5, 5.41) is 5.28. The van der Waals surface area contributed by atoms with Gasteiger partial charge in [0.1, 0.15) is 10.8 Å². The van der Waals surface area contributed by atoms with Gasteiger partial charge in [-0.3, -0.25) is 9.59 Å². The standard InChI is InChI=1S/C19H15Cl2F3N4O3/c1-31-11-5-2-4-10(8-11)12-9-13(19(22,23)24)28-17(26-12)15(21)16(27-28)18(30)25-7-3-6-14(20)29/h2,4-5,8-9H,3,6-7H2,1H3,(H,25,30). The van der Waals surface area contributed by atoms with Crippen LogP contribution in [0.25, 0.3) is 16.9 Å². The molecule has 0 radical (unpaired) electrons. The number of ether oxygens (including phenoxy) is 1. The number of carbonyl (C=O) groups is 2. The van der Waals surface area contributed by atoms with Crippen LogP contribution in [0.5, 0.6) is 5.75 Å². The summed E-state index contributed by atoms with van der Waals surface area (Å²) in [5.74, 6) is -0.364. The number of carbonyl (C=O) groups excluding carboxylic acids is 2. The monoisotopic (exact) mass is 474 g/mol. The molecule has 0 aliphatic carbocycles. The number of hydrogen-bond donors (Lipinski definition) is 1. The molecule has 31 heavy (non-hydrogen) atoms. The van der Waals surface area contributed by atoms with E-state index in [1.165, 1.54) is 13.2 Å². The van der Waals surface area contributed by atoms with Crippen molar-refractivity contribution in [3.8, 4) is 17.0 Å². The number of amides is 1. The van der Waals surface area contributed by atoms with Gasteiger partial charge in [0.05, 0.1) is 12.8 Å². The lowest BCUT2D eigenvalue weighted by atomic mass is 10.1. The van der Waals surface area contributed by atoms with E-state index < -0.39 is 28.7 Å². The molecule has 0 spiro atoms. The third-order valence-corrected chi connectivity index (χ3v) is 4.78. The first-order valence-electron chi connectivity index (χ1n) is 8.89. The molecule has 164 valence electrons. The normalized spacial score (nSPS) is 11.5. The fourth-order valence-corrected chi connectivity index (χ4v) is 3.16. The maximum Gasteiger partial charge on any atom is 0.433 e. The van der Waals surface area contributed by atoms with Gasteiger partial charge in [0, 0.05) is 18.5 Å². The molecule has 1 aromatic carbocycles. The van der Waals surface area contributed by atoms with Gasteiger partial charge < -0.3 is 10.1 Å². The van der Waals surface area contributed by atoms with E-state index in [9.17, 15) is 22.8 Å². The van der Waals surface area contributed by atoms with Crippen molar-refractivity contribution in [3.05, 3.63) is 46.7 Å². The van der Waals surface area contributed by atoms with E-state index >= 15 is 0 Å². The van der Waals surface area contributed by atoms with E-state index in [2.05, 4.69) is 15.4 Å². The summed E-state index contributed by atoms with van der Waals surface area (Å²) in [6, 6.07) is 7.15. The van der Waals surface area contributed by atoms with Crippen LogP contribution in [0.15, 0.2) is 30.3 Å². The zero-order valence-electron chi connectivity index (χ0n) is 16.0. The van der Waals surface area contributed by atoms with Crippen molar-refractivity contribution < 1.29 is 27.5 Å². The number of benzene rings is 1. The molecule has 3 rings (SSSR count). The molecule has 0 saturated heterocycles. The van der Waals surface area contributed by atoms with Crippen molar-refractivity contribution in [1.29, 1.82) is 0 Å². The summed E-state index contributed by atoms with van der Waals surface area (Å²) in [5.41, 5.74) is -1.55. The highest BCUT2D eigenvalue weighted by atomic mass is 35.5. The van der Waals surface area contributed by atoms with Gasteiger partial charge >= 0.3 is 6.18 Å². The van der Waals surface area contributed by atoms with E-state index in [1.807, 2.05) is 0 Å². The van der Waals surface area contributed by atoms with Crippen molar-refractivity contribution in [1.82, 2.24) is 19.9 Å². The SMILES string of the molecule is COc1cccc(-c2cc(C(F)(F)F)n3nc(C(=O)NCCCC(=O)Cl)c(Cl)c3n2)c1. The number of nitrogens with zero attached hydrogens (tertiary/aromatic N) is 3. The third kappa shape index (κ3) is 5.08. The Hall–Kier alpha value is -2.85. The van der Waals surface area contributed by atoms with Gasteiger partial charge in [-0.15, -0.1) is 0 Å². The molecule has 7 nitrogen and oxygen atoms in total. The van der Waals surface area contributed by atoms with Crippen LogP contribution in [0.2, 0.25) is 5.02 Å². The molecule has 0 atom stereocenters. The molecule has 2 aromatic heterocycles. The minimum atomic E-state index is -4.79. The first-order valence-corrected chi connectivity index (χ1v) is 9.65. The Morgan fingerprint density at radius 2 is 2.00 bits per heavy atom. The highest BCUT2D eigenvalue weighted by Gasteiger charge is 2.36. The topological polar surface area (TPSA) is 85.6 Å². The Labute approximate surface area is 184 Å². The van der Waals surface area contributed by atoms with Crippen LogP contribution in [0, 0.1) is 0 Å². The number of nitrogens with one attached hydrogen (secondary N) is 1. The molecule has 0 unspecified atom stereocenters. The summed E-state index contributed by atoms with van der Waals surface area (Å²) in [6.07, 6.45) is -4.51. The molecule has 0 saturated carbocycles. The lowest BCUT2D eigenvalue weighted by molar-refractivity contribution is -0.142. The average Bonchev–Trinajstić information content (AvgIpc) is 3.06. The van der Waals surface area contributed by atoms with Crippen molar-refractivity contribution in [2.24, 2.45) is 0 Å². The molecule has 0 bridgehead atoms. The molecule has 0 aliphatic heterocycles. The van der Waals surface area contributed by atoms with Crippen LogP contribution < -0.4 is 10.1 Å². The van der Waals surface area contributed by atoms with Crippen LogP contribution >= 0.6 is 23.2 Å². The summed E-state index contributed by atoms with van der Waals surface area (Å²) in [4.78, 5) is 27.3. The van der Waals surface area contributed by atoms with Crippen LogP contribution in [0.1, 0.15) is 29.0 Å². The van der Waals surface area contributed by atoms with E-state index in [0.717, 1.165) is 6.07 Å². The number of methoxy groups -OCH3 is 1. The molecule has 0 aliphatic rings. The van der Waals surface area contributed by atoms with Crippen molar-refractivity contribution in [2.45, 2.75) is 19.0 Å². The summed E-state index contributed by atoms with van der Waals surface area (Å²) < 4.78 is 46.8. The van der Waals surface area contributed by atoms with Gasteiger partial charge in [-0.1, -0.05) is 23.7 Å². The molecule has 12 heteroatoms. The average molecular weight is 475 g/mol. The summed E-state index contributed by atoms with van der Waals surface area (Å²) in [7, 11) is 1.43. The lowest BCUT2D eigenvalue weighted by Gasteiger charge is -2.11. The van der Waals surface area contributed by atoms with Crippen LogP contribution in [-0.4, -0.2) is 39.4 Å². The largest absolute Gasteiger partial charge is 0.497 e. The molecule has 1 amide bonds. The second kappa shape index (κ2) is 9.11. The van der Waals surface area contributed by atoms with E-state index in [4.69, 9.17) is 27.9 Å². The fraction of sp³-hybridized carbons (Fsp3) is 0.263. The third-order valence-electron chi connectivity index (χ3n) is 4.24. The predicted octanol–water partition coefficient (Wildman–Crippen LogP) is 4.35. The van der Waals surface area contributed by atoms with Crippen LogP contribution in [0.3, 0.4) is 0 Å². The zero-order valence-corrected chi connectivity index (χ0v) is 17.5. The lowest BCUT2D eigenvalue weighted by Crippen LogP contribution is -2.25. The molecule has 2 heterocycles. The number of fused-ring (bicyclic) bond motifs is 1. The Bertz CT molecular complexity index is 1150. The number of halogens is 5. The molecular formula is C19H15Cl2F3N4O3. The van der Waals surface area contributed by atoms with E-state index in [-0.39, 0.29) is 35.8 Å². The minimum Gasteiger partial charge on any atom is -0.497 e. The first kappa shape index (κ1) is 22.8. The number of rotatable bonds is 7. The molecule has 1 N–H and O–H groups in total. The summed E-state index contributed by atoms with van der Waals surface area (Å²) in [6.45, 7) is 0.0656. The van der Waals surface area contributed by atoms with Gasteiger partial charge in [-0.2, -0.15) is 18.3 Å². The highest BCUT2D eigenvalue weighted by Crippen LogP contribution is 2.35. The van der Waals surface area contributed by atoms with Crippen molar-refractivity contribution in [2.75, 3.05) is 13.7 Å². The van der Waals surface area contributed by atoms with E-state index in [0.29, 0.717) is 15.8 Å². The van der Waals surface area contributed by atoms with Gasteiger partial charge in [-0.05, 0) is 36.2 Å². The predicted molar refractivity (Wildman–Crippen MR) is 107 cm³/mol. The van der Waals surface area contributed by atoms with Crippen LogP contribution in [-0.2, 0) is 11.0 Å². The molecule has 3 aromatic rings.